The number of aryl methyl sites for hydroxylation is 4. The van der Waals surface area contributed by atoms with Gasteiger partial charge in [0.1, 0.15) is 0 Å². The van der Waals surface area contributed by atoms with Crippen molar-refractivity contribution >= 4 is 60.6 Å². The summed E-state index contributed by atoms with van der Waals surface area (Å²) in [5.74, 6) is -0.833. The van der Waals surface area contributed by atoms with Crippen LogP contribution in [0.2, 0.25) is 0 Å². The number of benzene rings is 4. The number of nitrogens with one attached hydrogen (secondary N) is 2. The molecule has 0 amide bonds. The molecule has 4 rings (SSSR count). The van der Waals surface area contributed by atoms with E-state index in [0.29, 0.717) is 0 Å². The average molecular weight is 612 g/mol. The molecule has 6 heteroatoms. The SMILES string of the molecule is CC(=O)O.Cc1ccc(Nc2ccc(C)cc2)cc1.Cc1ccc(Nc2ccc(C)cc2Br)c(Br)c1. The van der Waals surface area contributed by atoms with Crippen molar-refractivity contribution in [2.24, 2.45) is 0 Å². The maximum Gasteiger partial charge on any atom is 0.300 e. The summed E-state index contributed by atoms with van der Waals surface area (Å²) >= 11 is 7.13. The van der Waals surface area contributed by atoms with Gasteiger partial charge in [0.05, 0.1) is 11.4 Å². The van der Waals surface area contributed by atoms with E-state index in [9.17, 15) is 0 Å². The van der Waals surface area contributed by atoms with E-state index in [2.05, 4.69) is 155 Å². The van der Waals surface area contributed by atoms with Gasteiger partial charge < -0.3 is 15.7 Å². The lowest BCUT2D eigenvalue weighted by Gasteiger charge is -2.11. The number of halogens is 2. The molecule has 0 spiro atoms. The van der Waals surface area contributed by atoms with E-state index in [0.717, 1.165) is 38.6 Å². The molecular formula is C30H32Br2N2O2. The molecule has 0 fully saturated rings. The highest BCUT2D eigenvalue weighted by Gasteiger charge is 2.04. The van der Waals surface area contributed by atoms with Gasteiger partial charge in [-0.1, -0.05) is 47.5 Å². The van der Waals surface area contributed by atoms with Crippen LogP contribution in [0.3, 0.4) is 0 Å². The summed E-state index contributed by atoms with van der Waals surface area (Å²) in [6.07, 6.45) is 0. The zero-order valence-electron chi connectivity index (χ0n) is 21.2. The van der Waals surface area contributed by atoms with Crippen LogP contribution in [-0.4, -0.2) is 11.1 Å². The Labute approximate surface area is 231 Å². The zero-order chi connectivity index (χ0) is 26.7. The highest BCUT2D eigenvalue weighted by Crippen LogP contribution is 2.31. The third-order valence-electron chi connectivity index (χ3n) is 4.91. The number of rotatable bonds is 4. The molecule has 36 heavy (non-hydrogen) atoms. The number of carboxylic acid groups (broad SMARTS) is 1. The highest BCUT2D eigenvalue weighted by molar-refractivity contribution is 9.11. The monoisotopic (exact) mass is 610 g/mol. The van der Waals surface area contributed by atoms with Gasteiger partial charge in [-0.15, -0.1) is 0 Å². The highest BCUT2D eigenvalue weighted by atomic mass is 79.9. The molecule has 4 aromatic rings. The summed E-state index contributed by atoms with van der Waals surface area (Å²) < 4.78 is 2.15. The van der Waals surface area contributed by atoms with Crippen LogP contribution in [0, 0.1) is 27.7 Å². The second-order valence-corrected chi connectivity index (χ2v) is 10.2. The van der Waals surface area contributed by atoms with Crippen LogP contribution in [0.4, 0.5) is 22.7 Å². The summed E-state index contributed by atoms with van der Waals surface area (Å²) in [7, 11) is 0. The van der Waals surface area contributed by atoms with E-state index in [1.165, 1.54) is 22.3 Å². The Morgan fingerprint density at radius 3 is 1.19 bits per heavy atom. The number of carboxylic acids is 1. The Bertz CT molecular complexity index is 1170. The van der Waals surface area contributed by atoms with Crippen molar-refractivity contribution in [2.75, 3.05) is 10.6 Å². The first-order chi connectivity index (χ1) is 17.0. The standard InChI is InChI=1S/C14H13Br2N.C14H15N.C2H4O2/c1-9-3-5-13(11(15)7-9)17-14-6-4-10(2)8-12(14)16;1-11-3-7-13(8-4-11)15-14-9-5-12(2)6-10-14;1-2(3)4/h3-8,17H,1-2H3;3-10,15H,1-2H3;1H3,(H,3,4). The van der Waals surface area contributed by atoms with Crippen molar-refractivity contribution in [3.8, 4) is 0 Å². The lowest BCUT2D eigenvalue weighted by Crippen LogP contribution is -1.93. The number of carbonyl (C=O) groups is 1. The van der Waals surface area contributed by atoms with Gasteiger partial charge in [-0.05, 0) is 119 Å². The van der Waals surface area contributed by atoms with E-state index in [1.54, 1.807) is 0 Å². The topological polar surface area (TPSA) is 61.4 Å². The summed E-state index contributed by atoms with van der Waals surface area (Å²) in [6, 6.07) is 29.3. The van der Waals surface area contributed by atoms with Gasteiger partial charge in [0, 0.05) is 27.2 Å². The van der Waals surface area contributed by atoms with E-state index in [4.69, 9.17) is 9.90 Å². The minimum atomic E-state index is -0.833. The predicted octanol–water partition coefficient (Wildman–Crippen LogP) is 9.71. The first-order valence-corrected chi connectivity index (χ1v) is 13.0. The number of anilines is 4. The normalized spacial score (nSPS) is 9.75. The van der Waals surface area contributed by atoms with Crippen molar-refractivity contribution in [3.63, 3.8) is 0 Å². The fourth-order valence-electron chi connectivity index (χ4n) is 3.03. The van der Waals surface area contributed by atoms with E-state index in [-0.39, 0.29) is 0 Å². The van der Waals surface area contributed by atoms with Crippen LogP contribution in [-0.2, 0) is 4.79 Å². The molecule has 0 aliphatic heterocycles. The quantitative estimate of drug-likeness (QED) is 0.215. The first-order valence-electron chi connectivity index (χ1n) is 11.4. The lowest BCUT2D eigenvalue weighted by atomic mass is 10.2. The molecule has 0 radical (unpaired) electrons. The molecule has 3 N–H and O–H groups in total. The van der Waals surface area contributed by atoms with Crippen molar-refractivity contribution in [1.82, 2.24) is 0 Å². The summed E-state index contributed by atoms with van der Waals surface area (Å²) in [5.41, 5.74) is 9.44. The van der Waals surface area contributed by atoms with Crippen LogP contribution in [0.15, 0.2) is 93.9 Å². The molecule has 0 atom stereocenters. The maximum absolute atomic E-state index is 9.00. The number of hydrogen-bond donors (Lipinski definition) is 3. The van der Waals surface area contributed by atoms with Crippen LogP contribution < -0.4 is 10.6 Å². The fourth-order valence-corrected chi connectivity index (χ4v) is 4.21. The third-order valence-corrected chi connectivity index (χ3v) is 6.22. The molecule has 0 aromatic heterocycles. The van der Waals surface area contributed by atoms with E-state index in [1.807, 2.05) is 0 Å². The fraction of sp³-hybridized carbons (Fsp3) is 0.167. The van der Waals surface area contributed by atoms with Crippen molar-refractivity contribution in [3.05, 3.63) is 116 Å². The molecular weight excluding hydrogens is 580 g/mol. The molecule has 0 saturated carbocycles. The van der Waals surface area contributed by atoms with Gasteiger partial charge in [-0.25, -0.2) is 0 Å². The smallest absolute Gasteiger partial charge is 0.300 e. The second-order valence-electron chi connectivity index (χ2n) is 8.47. The van der Waals surface area contributed by atoms with E-state index < -0.39 is 5.97 Å². The summed E-state index contributed by atoms with van der Waals surface area (Å²) in [4.78, 5) is 9.00. The minimum Gasteiger partial charge on any atom is -0.481 e. The third kappa shape index (κ3) is 10.7. The van der Waals surface area contributed by atoms with Crippen molar-refractivity contribution in [1.29, 1.82) is 0 Å². The Balaban J connectivity index is 0.000000222. The van der Waals surface area contributed by atoms with Crippen molar-refractivity contribution in [2.45, 2.75) is 34.6 Å². The Kier molecular flexibility index (Phi) is 11.7. The van der Waals surface area contributed by atoms with Crippen LogP contribution in [0.25, 0.3) is 0 Å². The average Bonchev–Trinajstić information content (AvgIpc) is 2.80. The Hall–Kier alpha value is -3.09. The molecule has 0 aliphatic carbocycles. The lowest BCUT2D eigenvalue weighted by molar-refractivity contribution is -0.134. The molecule has 0 bridgehead atoms. The zero-order valence-corrected chi connectivity index (χ0v) is 24.4. The molecule has 0 aliphatic rings. The minimum absolute atomic E-state index is 0.833. The van der Waals surface area contributed by atoms with Crippen molar-refractivity contribution < 1.29 is 9.90 Å². The Morgan fingerprint density at radius 1 is 0.583 bits per heavy atom. The molecule has 0 unspecified atom stereocenters. The largest absolute Gasteiger partial charge is 0.481 e. The summed E-state index contributed by atoms with van der Waals surface area (Å²) in [6.45, 7) is 9.43. The molecule has 4 aromatic carbocycles. The van der Waals surface area contributed by atoms with E-state index >= 15 is 0 Å². The first kappa shape index (κ1) is 29.1. The van der Waals surface area contributed by atoms with Crippen LogP contribution in [0.5, 0.6) is 0 Å². The van der Waals surface area contributed by atoms with Gasteiger partial charge >= 0.3 is 0 Å². The second kappa shape index (κ2) is 14.5. The Morgan fingerprint density at radius 2 is 0.889 bits per heavy atom. The van der Waals surface area contributed by atoms with Crippen LogP contribution >= 0.6 is 31.9 Å². The summed E-state index contributed by atoms with van der Waals surface area (Å²) in [5, 5.41) is 14.2. The van der Waals surface area contributed by atoms with Gasteiger partial charge in [-0.2, -0.15) is 0 Å². The molecule has 0 saturated heterocycles. The van der Waals surface area contributed by atoms with Crippen LogP contribution in [0.1, 0.15) is 29.2 Å². The van der Waals surface area contributed by atoms with Gasteiger partial charge in [0.25, 0.3) is 5.97 Å². The molecule has 188 valence electrons. The van der Waals surface area contributed by atoms with Gasteiger partial charge in [-0.3, -0.25) is 4.79 Å². The van der Waals surface area contributed by atoms with Gasteiger partial charge in [0.15, 0.2) is 0 Å². The van der Waals surface area contributed by atoms with Gasteiger partial charge in [0.2, 0.25) is 0 Å². The molecule has 0 heterocycles. The molecule has 4 nitrogen and oxygen atoms in total. The maximum atomic E-state index is 9.00. The number of aliphatic carboxylic acids is 1. The predicted molar refractivity (Wildman–Crippen MR) is 160 cm³/mol. The number of hydrogen-bond acceptors (Lipinski definition) is 3.